The molecule has 0 aromatic carbocycles. The summed E-state index contributed by atoms with van der Waals surface area (Å²) in [6.07, 6.45) is 1.00. The molecule has 1 aliphatic rings. The summed E-state index contributed by atoms with van der Waals surface area (Å²) >= 11 is 0. The molecule has 0 amide bonds. The van der Waals surface area contributed by atoms with Crippen LogP contribution >= 0.6 is 0 Å². The normalized spacial score (nSPS) is 16.4. The Morgan fingerprint density at radius 3 is 3.00 bits per heavy atom. The van der Waals surface area contributed by atoms with Crippen molar-refractivity contribution in [1.29, 1.82) is 5.53 Å². The van der Waals surface area contributed by atoms with Gasteiger partial charge in [-0.15, -0.1) is 0 Å². The summed E-state index contributed by atoms with van der Waals surface area (Å²) in [5.74, 6) is -0.544. The second-order valence-electron chi connectivity index (χ2n) is 4.04. The molecule has 2 rings (SSSR count). The highest BCUT2D eigenvalue weighted by Crippen LogP contribution is 2.13. The number of halogens is 1. The number of morpholine rings is 1. The summed E-state index contributed by atoms with van der Waals surface area (Å²) in [5.41, 5.74) is 6.48. The van der Waals surface area contributed by atoms with Crippen molar-refractivity contribution < 1.29 is 9.13 Å². The minimum atomic E-state index is -0.561. The largest absolute Gasteiger partial charge is 0.379 e. The summed E-state index contributed by atoms with van der Waals surface area (Å²) in [4.78, 5) is 9.68. The Balaban J connectivity index is 1.87. The number of nitrogens with zero attached hydrogens (tertiary/aromatic N) is 6. The fraction of sp³-hybridized carbons (Fsp3) is 0.600. The molecule has 1 aliphatic heterocycles. The van der Waals surface area contributed by atoms with Crippen molar-refractivity contribution in [2.24, 2.45) is 15.6 Å². The van der Waals surface area contributed by atoms with Crippen LogP contribution in [-0.4, -0.2) is 54.3 Å². The van der Waals surface area contributed by atoms with Gasteiger partial charge in [-0.1, -0.05) is 5.11 Å². The van der Waals surface area contributed by atoms with E-state index >= 15 is 0 Å². The molecule has 0 radical (unpaired) electrons. The fourth-order valence-electron chi connectivity index (χ4n) is 1.75. The molecule has 0 unspecified atom stereocenters. The average molecular weight is 282 g/mol. The number of hydrogen-bond donors (Lipinski definition) is 2. The van der Waals surface area contributed by atoms with E-state index in [0.717, 1.165) is 39.0 Å². The first kappa shape index (κ1) is 14.3. The van der Waals surface area contributed by atoms with Gasteiger partial charge < -0.3 is 10.1 Å². The van der Waals surface area contributed by atoms with Gasteiger partial charge in [0.1, 0.15) is 0 Å². The first-order chi connectivity index (χ1) is 9.79. The molecule has 0 spiro atoms. The summed E-state index contributed by atoms with van der Waals surface area (Å²) < 4.78 is 18.8. The number of anilines is 1. The van der Waals surface area contributed by atoms with Gasteiger partial charge in [-0.05, 0) is 10.4 Å². The minimum Gasteiger partial charge on any atom is -0.379 e. The van der Waals surface area contributed by atoms with Crippen LogP contribution in [0.5, 0.6) is 0 Å². The van der Waals surface area contributed by atoms with Crippen LogP contribution in [0, 0.1) is 11.3 Å². The van der Waals surface area contributed by atoms with Crippen LogP contribution in [0.2, 0.25) is 0 Å². The standard InChI is InChI=1S/C10H15FN8O/c11-8-7-14-10(16-18-17-12)15-9(8)13-1-2-19-3-5-20-6-4-19/h7,12H,1-6H2,(H,13,14,15). The van der Waals surface area contributed by atoms with Crippen molar-refractivity contribution in [3.63, 3.8) is 0 Å². The molecule has 1 aromatic rings. The van der Waals surface area contributed by atoms with Crippen LogP contribution in [0.15, 0.2) is 21.8 Å². The first-order valence-corrected chi connectivity index (χ1v) is 6.13. The van der Waals surface area contributed by atoms with Crippen LogP contribution < -0.4 is 5.32 Å². The van der Waals surface area contributed by atoms with E-state index in [2.05, 4.69) is 35.7 Å². The molecule has 0 aliphatic carbocycles. The Kier molecular flexibility index (Phi) is 5.38. The molecule has 1 fully saturated rings. The Bertz CT molecular complexity index is 476. The Morgan fingerprint density at radius 1 is 1.45 bits per heavy atom. The van der Waals surface area contributed by atoms with Gasteiger partial charge in [-0.25, -0.2) is 9.37 Å². The SMILES string of the molecule is N=NN=Nc1ncc(F)c(NCCN2CCOCC2)n1. The summed E-state index contributed by atoms with van der Waals surface area (Å²) in [7, 11) is 0. The van der Waals surface area contributed by atoms with Gasteiger partial charge in [0.25, 0.3) is 5.95 Å². The van der Waals surface area contributed by atoms with E-state index in [9.17, 15) is 4.39 Å². The molecule has 108 valence electrons. The van der Waals surface area contributed by atoms with Crippen molar-refractivity contribution in [3.05, 3.63) is 12.0 Å². The van der Waals surface area contributed by atoms with Gasteiger partial charge in [0, 0.05) is 26.2 Å². The summed E-state index contributed by atoms with van der Waals surface area (Å²) in [6, 6.07) is 0. The number of nitrogens with one attached hydrogen (secondary N) is 2. The molecule has 2 heterocycles. The monoisotopic (exact) mass is 282 g/mol. The molecule has 1 saturated heterocycles. The van der Waals surface area contributed by atoms with Crippen LogP contribution in [0.4, 0.5) is 16.2 Å². The predicted molar refractivity (Wildman–Crippen MR) is 67.4 cm³/mol. The summed E-state index contributed by atoms with van der Waals surface area (Å²) in [6.45, 7) is 4.52. The van der Waals surface area contributed by atoms with Crippen molar-refractivity contribution in [1.82, 2.24) is 14.9 Å². The molecule has 2 N–H and O–H groups in total. The van der Waals surface area contributed by atoms with E-state index in [1.54, 1.807) is 0 Å². The maximum Gasteiger partial charge on any atom is 0.272 e. The lowest BCUT2D eigenvalue weighted by Crippen LogP contribution is -2.39. The van der Waals surface area contributed by atoms with Crippen molar-refractivity contribution >= 4 is 11.8 Å². The first-order valence-electron chi connectivity index (χ1n) is 6.13. The fourth-order valence-corrected chi connectivity index (χ4v) is 1.75. The molecule has 10 heteroatoms. The van der Waals surface area contributed by atoms with E-state index in [1.807, 2.05) is 0 Å². The number of hydrogen-bond acceptors (Lipinski definition) is 7. The van der Waals surface area contributed by atoms with Crippen molar-refractivity contribution in [2.75, 3.05) is 44.7 Å². The van der Waals surface area contributed by atoms with Gasteiger partial charge in [0.05, 0.1) is 19.4 Å². The average Bonchev–Trinajstić information content (AvgIpc) is 2.49. The van der Waals surface area contributed by atoms with E-state index in [1.165, 1.54) is 0 Å². The smallest absolute Gasteiger partial charge is 0.272 e. The molecule has 0 saturated carbocycles. The maximum absolute atomic E-state index is 13.5. The number of rotatable bonds is 6. The molecule has 20 heavy (non-hydrogen) atoms. The molecule has 1 aromatic heterocycles. The highest BCUT2D eigenvalue weighted by molar-refractivity contribution is 5.38. The minimum absolute atomic E-state index is 0.0451. The van der Waals surface area contributed by atoms with Gasteiger partial charge in [-0.2, -0.15) is 10.5 Å². The molecular weight excluding hydrogens is 267 g/mol. The van der Waals surface area contributed by atoms with Gasteiger partial charge >= 0.3 is 0 Å². The maximum atomic E-state index is 13.5. The van der Waals surface area contributed by atoms with E-state index in [0.29, 0.717) is 6.54 Å². The van der Waals surface area contributed by atoms with E-state index in [-0.39, 0.29) is 11.8 Å². The van der Waals surface area contributed by atoms with Gasteiger partial charge in [-0.3, -0.25) is 4.90 Å². The van der Waals surface area contributed by atoms with Crippen LogP contribution in [-0.2, 0) is 4.74 Å². The number of aromatic nitrogens is 2. The molecule has 9 nitrogen and oxygen atoms in total. The van der Waals surface area contributed by atoms with Crippen LogP contribution in [0.25, 0.3) is 0 Å². The highest BCUT2D eigenvalue weighted by Gasteiger charge is 2.11. The van der Waals surface area contributed by atoms with Crippen molar-refractivity contribution in [3.8, 4) is 0 Å². The lowest BCUT2D eigenvalue weighted by molar-refractivity contribution is 0.0398. The molecule has 0 bridgehead atoms. The molecular formula is C10H15FN8O. The summed E-state index contributed by atoms with van der Waals surface area (Å²) in [5, 5.41) is 12.1. The van der Waals surface area contributed by atoms with Crippen LogP contribution in [0.3, 0.4) is 0 Å². The lowest BCUT2D eigenvalue weighted by Gasteiger charge is -2.26. The second kappa shape index (κ2) is 7.50. The third kappa shape index (κ3) is 4.24. The van der Waals surface area contributed by atoms with E-state index < -0.39 is 5.82 Å². The molecule has 0 atom stereocenters. The quantitative estimate of drug-likeness (QED) is 0.605. The zero-order valence-electron chi connectivity index (χ0n) is 10.8. The third-order valence-electron chi connectivity index (χ3n) is 2.73. The van der Waals surface area contributed by atoms with Gasteiger partial charge in [0.15, 0.2) is 11.6 Å². The third-order valence-corrected chi connectivity index (χ3v) is 2.73. The van der Waals surface area contributed by atoms with Crippen molar-refractivity contribution in [2.45, 2.75) is 0 Å². The second-order valence-corrected chi connectivity index (χ2v) is 4.04. The topological polar surface area (TPSA) is 111 Å². The Morgan fingerprint density at radius 2 is 2.25 bits per heavy atom. The Labute approximate surface area is 114 Å². The van der Waals surface area contributed by atoms with Gasteiger partial charge in [0.2, 0.25) is 0 Å². The number of ether oxygens (including phenoxy) is 1. The lowest BCUT2D eigenvalue weighted by atomic mass is 10.4. The highest BCUT2D eigenvalue weighted by atomic mass is 19.1. The van der Waals surface area contributed by atoms with E-state index in [4.69, 9.17) is 10.3 Å². The Hall–Kier alpha value is -2.07. The predicted octanol–water partition coefficient (Wildman–Crippen LogP) is 1.39. The zero-order valence-corrected chi connectivity index (χ0v) is 10.8. The zero-order chi connectivity index (χ0) is 14.2. The van der Waals surface area contributed by atoms with Crippen LogP contribution in [0.1, 0.15) is 0 Å².